The molecule has 5 heterocycles. The molecule has 17 heteroatoms. The number of rotatable bonds is 4. The quantitative estimate of drug-likeness (QED) is 0.154. The molecule has 0 fully saturated rings. The molecule has 0 bridgehead atoms. The van der Waals surface area contributed by atoms with Crippen molar-refractivity contribution in [3.63, 3.8) is 0 Å². The van der Waals surface area contributed by atoms with Crippen LogP contribution >= 0.6 is 34.3 Å². The van der Waals surface area contributed by atoms with E-state index in [1.165, 1.54) is 30.6 Å². The third-order valence-electron chi connectivity index (χ3n) is 5.20. The van der Waals surface area contributed by atoms with Crippen LogP contribution in [-0.4, -0.2) is 25.1 Å². The maximum atomic E-state index is 12.8. The second-order valence-corrected chi connectivity index (χ2v) is 10.5. The molecule has 0 unspecified atom stereocenters. The fourth-order valence-electron chi connectivity index (χ4n) is 3.31. The van der Waals surface area contributed by atoms with Crippen LogP contribution in [0.2, 0.25) is 5.15 Å². The normalized spacial score (nSPS) is 12.0. The van der Waals surface area contributed by atoms with Crippen molar-refractivity contribution in [3.05, 3.63) is 81.1 Å². The van der Waals surface area contributed by atoms with Gasteiger partial charge in [-0.05, 0) is 29.8 Å². The molecule has 1 N–H and O–H groups in total. The summed E-state index contributed by atoms with van der Waals surface area (Å²) in [4.78, 5) is 14.9. The van der Waals surface area contributed by atoms with Crippen molar-refractivity contribution in [2.75, 3.05) is 5.32 Å². The fraction of sp³-hybridized carbons (Fsp3) is 0.125. The standard InChI is InChI=1S/C14H9F4N3S.C10H3ClF3N3OS/c15-10-3-1-8(2-4-10)6-19-13-20-7-9-5-11(14(16,17)18)22-12(9)21-13;11-7-4-3-6(10(12,13)14)19-9(4)17-8(16-7)5-1-2-15-18-5/h1-5,7H,6H2,(H,19,20,21);1-3H. The number of nitrogens with zero attached hydrogens (tertiary/aromatic N) is 5. The molecule has 7 nitrogen and oxygen atoms in total. The number of anilines is 1. The first-order valence-corrected chi connectivity index (χ1v) is 13.2. The molecule has 1 aromatic carbocycles. The third-order valence-corrected chi connectivity index (χ3v) is 7.65. The fourth-order valence-corrected chi connectivity index (χ4v) is 5.36. The Hall–Kier alpha value is -3.89. The minimum Gasteiger partial charge on any atom is -0.353 e. The number of nitrogens with one attached hydrogen (secondary N) is 1. The van der Waals surface area contributed by atoms with E-state index < -0.39 is 22.1 Å². The van der Waals surface area contributed by atoms with E-state index in [1.54, 1.807) is 12.1 Å². The van der Waals surface area contributed by atoms with Gasteiger partial charge in [-0.25, -0.2) is 24.3 Å². The zero-order valence-electron chi connectivity index (χ0n) is 19.9. The van der Waals surface area contributed by atoms with Gasteiger partial charge in [0.05, 0.1) is 6.20 Å². The smallest absolute Gasteiger partial charge is 0.353 e. The molecule has 0 amide bonds. The van der Waals surface area contributed by atoms with Crippen molar-refractivity contribution in [2.24, 2.45) is 0 Å². The Balaban J connectivity index is 0.000000166. The monoisotopic (exact) mass is 632 g/mol. The van der Waals surface area contributed by atoms with Crippen molar-refractivity contribution >= 4 is 60.7 Å². The molecular formula is C24H12ClF7N6OS2. The zero-order valence-corrected chi connectivity index (χ0v) is 22.3. The van der Waals surface area contributed by atoms with Gasteiger partial charge < -0.3 is 9.84 Å². The Morgan fingerprint density at radius 1 is 0.854 bits per heavy atom. The first-order chi connectivity index (χ1) is 19.4. The summed E-state index contributed by atoms with van der Waals surface area (Å²) in [6.45, 7) is 0.350. The lowest BCUT2D eigenvalue weighted by Gasteiger charge is -2.04. The Labute approximate surface area is 237 Å². The number of benzene rings is 1. The number of aromatic nitrogens is 5. The lowest BCUT2D eigenvalue weighted by atomic mass is 10.2. The lowest BCUT2D eigenvalue weighted by molar-refractivity contribution is -0.135. The summed E-state index contributed by atoms with van der Waals surface area (Å²) >= 11 is 6.95. The van der Waals surface area contributed by atoms with Crippen LogP contribution in [0.15, 0.2) is 59.4 Å². The van der Waals surface area contributed by atoms with Gasteiger partial charge in [0.25, 0.3) is 0 Å². The van der Waals surface area contributed by atoms with Gasteiger partial charge in [-0.2, -0.15) is 26.3 Å². The van der Waals surface area contributed by atoms with Crippen molar-refractivity contribution in [2.45, 2.75) is 18.9 Å². The molecule has 212 valence electrons. The van der Waals surface area contributed by atoms with Gasteiger partial charge in [0.1, 0.15) is 30.4 Å². The SMILES string of the molecule is FC(F)(F)c1cc2c(Cl)nc(-c3ccno3)nc2s1.Fc1ccc(CNc2ncc3cc(C(F)(F)F)sc3n2)cc1. The van der Waals surface area contributed by atoms with E-state index in [1.807, 2.05) is 0 Å². The van der Waals surface area contributed by atoms with Crippen LogP contribution in [0.4, 0.5) is 36.7 Å². The van der Waals surface area contributed by atoms with Crippen LogP contribution in [0.5, 0.6) is 0 Å². The van der Waals surface area contributed by atoms with Gasteiger partial charge in [0, 0.05) is 29.6 Å². The van der Waals surface area contributed by atoms with E-state index in [9.17, 15) is 30.7 Å². The van der Waals surface area contributed by atoms with E-state index >= 15 is 0 Å². The average Bonchev–Trinajstić information content (AvgIpc) is 3.67. The predicted octanol–water partition coefficient (Wildman–Crippen LogP) is 8.48. The molecule has 0 aliphatic carbocycles. The van der Waals surface area contributed by atoms with Crippen molar-refractivity contribution in [3.8, 4) is 11.6 Å². The summed E-state index contributed by atoms with van der Waals surface area (Å²) in [7, 11) is 0. The number of fused-ring (bicyclic) bond motifs is 2. The zero-order chi connectivity index (χ0) is 29.4. The van der Waals surface area contributed by atoms with Crippen LogP contribution in [0.25, 0.3) is 32.0 Å². The number of thiophene rings is 2. The summed E-state index contributed by atoms with van der Waals surface area (Å²) in [5.41, 5.74) is 0.812. The summed E-state index contributed by atoms with van der Waals surface area (Å²) in [6, 6.07) is 9.33. The molecule has 5 aromatic heterocycles. The number of hydrogen-bond acceptors (Lipinski definition) is 9. The Kier molecular flexibility index (Phi) is 7.80. The summed E-state index contributed by atoms with van der Waals surface area (Å²) < 4.78 is 93.4. The Morgan fingerprint density at radius 3 is 2.20 bits per heavy atom. The maximum absolute atomic E-state index is 12.8. The van der Waals surface area contributed by atoms with Crippen LogP contribution in [0, 0.1) is 5.82 Å². The van der Waals surface area contributed by atoms with Crippen molar-refractivity contribution in [1.29, 1.82) is 0 Å². The van der Waals surface area contributed by atoms with Crippen LogP contribution in [0.1, 0.15) is 15.3 Å². The largest absolute Gasteiger partial charge is 0.425 e. The second kappa shape index (κ2) is 11.2. The number of halogens is 8. The minimum absolute atomic E-state index is 0.0526. The Bertz CT molecular complexity index is 1800. The summed E-state index contributed by atoms with van der Waals surface area (Å²) in [5.74, 6) is 0.239. The molecule has 0 spiro atoms. The molecule has 0 radical (unpaired) electrons. The van der Waals surface area contributed by atoms with E-state index in [0.717, 1.165) is 17.7 Å². The lowest BCUT2D eigenvalue weighted by Crippen LogP contribution is -2.02. The number of alkyl halides is 6. The van der Waals surface area contributed by atoms with E-state index in [2.05, 4.69) is 30.4 Å². The van der Waals surface area contributed by atoms with Gasteiger partial charge in [-0.3, -0.25) is 0 Å². The minimum atomic E-state index is -4.43. The van der Waals surface area contributed by atoms with E-state index in [-0.39, 0.29) is 43.6 Å². The highest BCUT2D eigenvalue weighted by Crippen LogP contribution is 2.40. The predicted molar refractivity (Wildman–Crippen MR) is 139 cm³/mol. The molecule has 0 aliphatic rings. The average molecular weight is 633 g/mol. The van der Waals surface area contributed by atoms with Crippen LogP contribution in [-0.2, 0) is 18.9 Å². The van der Waals surface area contributed by atoms with Crippen molar-refractivity contribution in [1.82, 2.24) is 25.1 Å². The van der Waals surface area contributed by atoms with Gasteiger partial charge in [0.2, 0.25) is 17.5 Å². The molecule has 0 saturated heterocycles. The highest BCUT2D eigenvalue weighted by Gasteiger charge is 2.34. The molecule has 6 aromatic rings. The topological polar surface area (TPSA) is 89.6 Å². The van der Waals surface area contributed by atoms with E-state index in [4.69, 9.17) is 16.1 Å². The molecule has 6 rings (SSSR count). The van der Waals surface area contributed by atoms with Crippen LogP contribution in [0.3, 0.4) is 0 Å². The molecule has 0 saturated carbocycles. The molecule has 41 heavy (non-hydrogen) atoms. The second-order valence-electron chi connectivity index (χ2n) is 8.08. The molecule has 0 aliphatic heterocycles. The molecule has 0 atom stereocenters. The van der Waals surface area contributed by atoms with Gasteiger partial charge in [-0.15, -0.1) is 22.7 Å². The third kappa shape index (κ3) is 6.71. The molecular weight excluding hydrogens is 621 g/mol. The Morgan fingerprint density at radius 2 is 1.54 bits per heavy atom. The van der Waals surface area contributed by atoms with Gasteiger partial charge >= 0.3 is 12.4 Å². The maximum Gasteiger partial charge on any atom is 0.425 e. The van der Waals surface area contributed by atoms with E-state index in [0.29, 0.717) is 34.6 Å². The van der Waals surface area contributed by atoms with Gasteiger partial charge in [0.15, 0.2) is 0 Å². The van der Waals surface area contributed by atoms with Crippen LogP contribution < -0.4 is 5.32 Å². The first kappa shape index (κ1) is 28.6. The first-order valence-electron chi connectivity index (χ1n) is 11.1. The van der Waals surface area contributed by atoms with Crippen molar-refractivity contribution < 1.29 is 35.3 Å². The summed E-state index contributed by atoms with van der Waals surface area (Å²) in [5, 5.41) is 6.85. The summed E-state index contributed by atoms with van der Waals surface area (Å²) in [6.07, 6.45) is -6.08. The highest BCUT2D eigenvalue weighted by atomic mass is 35.5. The highest BCUT2D eigenvalue weighted by molar-refractivity contribution is 7.19. The van der Waals surface area contributed by atoms with Gasteiger partial charge in [-0.1, -0.05) is 28.9 Å². The number of hydrogen-bond donors (Lipinski definition) is 1.